The lowest BCUT2D eigenvalue weighted by Crippen LogP contribution is -2.30. The molecule has 72 valence electrons. The molecule has 1 nitrogen and oxygen atoms in total. The van der Waals surface area contributed by atoms with Crippen LogP contribution in [0.5, 0.6) is 0 Å². The fourth-order valence-electron chi connectivity index (χ4n) is 1.94. The molecule has 0 aromatic carbocycles. The highest BCUT2D eigenvalue weighted by Gasteiger charge is 2.17. The minimum absolute atomic E-state index is 0.657. The first kappa shape index (κ1) is 10.0. The van der Waals surface area contributed by atoms with E-state index in [1.807, 2.05) is 0 Å². The van der Waals surface area contributed by atoms with Gasteiger partial charge in [-0.1, -0.05) is 33.6 Å². The van der Waals surface area contributed by atoms with Crippen LogP contribution in [0.2, 0.25) is 0 Å². The highest BCUT2D eigenvalue weighted by molar-refractivity contribution is 4.72. The van der Waals surface area contributed by atoms with Crippen molar-refractivity contribution >= 4 is 0 Å². The van der Waals surface area contributed by atoms with Crippen LogP contribution >= 0.6 is 0 Å². The molecular weight excluding hydrogens is 146 g/mol. The van der Waals surface area contributed by atoms with Gasteiger partial charge in [0, 0.05) is 6.04 Å². The first-order valence-electron chi connectivity index (χ1n) is 5.42. The normalized spacial score (nSPS) is 31.0. The van der Waals surface area contributed by atoms with Gasteiger partial charge in [0.1, 0.15) is 0 Å². The average molecular weight is 169 g/mol. The monoisotopic (exact) mass is 169 g/mol. The predicted molar refractivity (Wildman–Crippen MR) is 54.3 cm³/mol. The second kappa shape index (κ2) is 4.86. The second-order valence-corrected chi connectivity index (χ2v) is 4.69. The molecule has 0 radical (unpaired) electrons. The van der Waals surface area contributed by atoms with E-state index in [2.05, 4.69) is 26.1 Å². The van der Waals surface area contributed by atoms with Gasteiger partial charge in [-0.05, 0) is 31.2 Å². The molecule has 0 aromatic heterocycles. The van der Waals surface area contributed by atoms with Gasteiger partial charge >= 0.3 is 0 Å². The van der Waals surface area contributed by atoms with Gasteiger partial charge in [-0.3, -0.25) is 0 Å². The van der Waals surface area contributed by atoms with Crippen LogP contribution in [0.25, 0.3) is 0 Å². The Morgan fingerprint density at radius 3 is 2.25 bits per heavy atom. The van der Waals surface area contributed by atoms with Crippen LogP contribution in [-0.2, 0) is 0 Å². The van der Waals surface area contributed by atoms with Crippen molar-refractivity contribution in [3.8, 4) is 0 Å². The Balaban J connectivity index is 2.09. The third-order valence-corrected chi connectivity index (χ3v) is 2.95. The van der Waals surface area contributed by atoms with Crippen molar-refractivity contribution in [3.05, 3.63) is 0 Å². The fourth-order valence-corrected chi connectivity index (χ4v) is 1.94. The summed E-state index contributed by atoms with van der Waals surface area (Å²) in [6.07, 6.45) is 5.79. The molecule has 1 heteroatoms. The lowest BCUT2D eigenvalue weighted by molar-refractivity contribution is 0.277. The summed E-state index contributed by atoms with van der Waals surface area (Å²) < 4.78 is 0. The SMILES string of the molecule is CC(C)NC[C@H]1CC[C@H](C)CC1. The van der Waals surface area contributed by atoms with Crippen molar-refractivity contribution in [1.82, 2.24) is 5.32 Å². The molecule has 1 fully saturated rings. The molecule has 1 N–H and O–H groups in total. The summed E-state index contributed by atoms with van der Waals surface area (Å²) in [6.45, 7) is 8.08. The van der Waals surface area contributed by atoms with Crippen LogP contribution in [0.3, 0.4) is 0 Å². The summed E-state index contributed by atoms with van der Waals surface area (Å²) in [6, 6.07) is 0.657. The number of hydrogen-bond acceptors (Lipinski definition) is 1. The zero-order valence-corrected chi connectivity index (χ0v) is 8.77. The summed E-state index contributed by atoms with van der Waals surface area (Å²) in [5.41, 5.74) is 0. The predicted octanol–water partition coefficient (Wildman–Crippen LogP) is 2.81. The number of rotatable bonds is 3. The lowest BCUT2D eigenvalue weighted by atomic mass is 9.83. The molecule has 1 aliphatic rings. The van der Waals surface area contributed by atoms with E-state index in [1.54, 1.807) is 0 Å². The number of nitrogens with one attached hydrogen (secondary N) is 1. The Labute approximate surface area is 76.9 Å². The average Bonchev–Trinajstić information content (AvgIpc) is 2.03. The first-order valence-corrected chi connectivity index (χ1v) is 5.42. The van der Waals surface area contributed by atoms with Gasteiger partial charge in [0.15, 0.2) is 0 Å². The van der Waals surface area contributed by atoms with Crippen molar-refractivity contribution in [2.45, 2.75) is 52.5 Å². The zero-order valence-electron chi connectivity index (χ0n) is 8.77. The van der Waals surface area contributed by atoms with Crippen molar-refractivity contribution in [1.29, 1.82) is 0 Å². The maximum atomic E-state index is 3.53. The molecule has 0 aliphatic heterocycles. The molecule has 1 saturated carbocycles. The van der Waals surface area contributed by atoms with E-state index in [0.29, 0.717) is 6.04 Å². The van der Waals surface area contributed by atoms with Gasteiger partial charge in [-0.15, -0.1) is 0 Å². The summed E-state index contributed by atoms with van der Waals surface area (Å²) in [7, 11) is 0. The lowest BCUT2D eigenvalue weighted by Gasteiger charge is -2.26. The van der Waals surface area contributed by atoms with Crippen LogP contribution in [0.15, 0.2) is 0 Å². The van der Waals surface area contributed by atoms with Crippen LogP contribution in [0.4, 0.5) is 0 Å². The van der Waals surface area contributed by atoms with E-state index >= 15 is 0 Å². The van der Waals surface area contributed by atoms with Gasteiger partial charge < -0.3 is 5.32 Å². The molecule has 0 heterocycles. The van der Waals surface area contributed by atoms with Crippen molar-refractivity contribution in [2.75, 3.05) is 6.54 Å². The van der Waals surface area contributed by atoms with Gasteiger partial charge in [0.2, 0.25) is 0 Å². The third kappa shape index (κ3) is 3.57. The smallest absolute Gasteiger partial charge is 0.00104 e. The molecule has 1 rings (SSSR count). The van der Waals surface area contributed by atoms with Crippen molar-refractivity contribution < 1.29 is 0 Å². The Morgan fingerprint density at radius 1 is 1.17 bits per heavy atom. The highest BCUT2D eigenvalue weighted by Crippen LogP contribution is 2.27. The molecule has 0 bridgehead atoms. The summed E-state index contributed by atoms with van der Waals surface area (Å²) in [4.78, 5) is 0. The second-order valence-electron chi connectivity index (χ2n) is 4.69. The fraction of sp³-hybridized carbons (Fsp3) is 1.00. The molecule has 0 spiro atoms. The number of hydrogen-bond donors (Lipinski definition) is 1. The van der Waals surface area contributed by atoms with E-state index in [0.717, 1.165) is 11.8 Å². The Hall–Kier alpha value is -0.0400. The van der Waals surface area contributed by atoms with Gasteiger partial charge in [0.25, 0.3) is 0 Å². The Morgan fingerprint density at radius 2 is 1.75 bits per heavy atom. The minimum atomic E-state index is 0.657. The largest absolute Gasteiger partial charge is 0.314 e. The molecule has 1 aliphatic carbocycles. The Bertz CT molecular complexity index is 112. The maximum Gasteiger partial charge on any atom is 0.00104 e. The highest BCUT2D eigenvalue weighted by atomic mass is 14.9. The van der Waals surface area contributed by atoms with Crippen LogP contribution < -0.4 is 5.32 Å². The molecule has 0 aromatic rings. The molecule has 0 unspecified atom stereocenters. The molecule has 12 heavy (non-hydrogen) atoms. The third-order valence-electron chi connectivity index (χ3n) is 2.95. The van der Waals surface area contributed by atoms with E-state index in [4.69, 9.17) is 0 Å². The molecule has 0 atom stereocenters. The Kier molecular flexibility index (Phi) is 4.07. The van der Waals surface area contributed by atoms with Gasteiger partial charge in [-0.2, -0.15) is 0 Å². The van der Waals surface area contributed by atoms with Crippen LogP contribution in [0.1, 0.15) is 46.5 Å². The molecule has 0 saturated heterocycles. The van der Waals surface area contributed by atoms with E-state index < -0.39 is 0 Å². The van der Waals surface area contributed by atoms with Crippen molar-refractivity contribution in [3.63, 3.8) is 0 Å². The standard InChI is InChI=1S/C11H23N/c1-9(2)12-8-11-6-4-10(3)5-7-11/h9-12H,4-8H2,1-3H3/t10-,11-. The van der Waals surface area contributed by atoms with Gasteiger partial charge in [-0.25, -0.2) is 0 Å². The van der Waals surface area contributed by atoms with E-state index in [1.165, 1.54) is 32.2 Å². The first-order chi connectivity index (χ1) is 5.68. The summed E-state index contributed by atoms with van der Waals surface area (Å²) in [5, 5.41) is 3.53. The zero-order chi connectivity index (χ0) is 8.97. The minimum Gasteiger partial charge on any atom is -0.314 e. The van der Waals surface area contributed by atoms with Crippen LogP contribution in [-0.4, -0.2) is 12.6 Å². The maximum absolute atomic E-state index is 3.53. The molecular formula is C11H23N. The van der Waals surface area contributed by atoms with Crippen molar-refractivity contribution in [2.24, 2.45) is 11.8 Å². The van der Waals surface area contributed by atoms with E-state index in [9.17, 15) is 0 Å². The van der Waals surface area contributed by atoms with E-state index in [-0.39, 0.29) is 0 Å². The van der Waals surface area contributed by atoms with Crippen LogP contribution in [0, 0.1) is 11.8 Å². The van der Waals surface area contributed by atoms with Gasteiger partial charge in [0.05, 0.1) is 0 Å². The summed E-state index contributed by atoms with van der Waals surface area (Å²) in [5.74, 6) is 1.95. The molecule has 0 amide bonds. The topological polar surface area (TPSA) is 12.0 Å². The quantitative estimate of drug-likeness (QED) is 0.685. The summed E-state index contributed by atoms with van der Waals surface area (Å²) >= 11 is 0.